The zero-order chi connectivity index (χ0) is 15.6. The van der Waals surface area contributed by atoms with E-state index in [0.717, 1.165) is 10.9 Å². The summed E-state index contributed by atoms with van der Waals surface area (Å²) in [7, 11) is 0. The van der Waals surface area contributed by atoms with Crippen LogP contribution in [0.5, 0.6) is 0 Å². The van der Waals surface area contributed by atoms with Gasteiger partial charge in [-0.2, -0.15) is 17.6 Å². The fourth-order valence-corrected chi connectivity index (χ4v) is 1.65. The summed E-state index contributed by atoms with van der Waals surface area (Å²) < 4.78 is 50.9. The number of nitro groups is 1. The first-order valence-electron chi connectivity index (χ1n) is 5.59. The molecule has 0 aromatic carbocycles. The second kappa shape index (κ2) is 5.46. The van der Waals surface area contributed by atoms with Crippen LogP contribution in [0.15, 0.2) is 6.20 Å². The summed E-state index contributed by atoms with van der Waals surface area (Å²) in [5.41, 5.74) is -0.955. The fraction of sp³-hybridized carbons (Fsp3) is 0.444. The molecule has 0 fully saturated rings. The SMILES string of the molecule is O=[N+]([O-])c1cn(CCc2[nH]nnc2CC(F)(F)F)nc1F. The number of aryl methyl sites for hydroxylation is 2. The van der Waals surface area contributed by atoms with Crippen LogP contribution < -0.4 is 0 Å². The zero-order valence-corrected chi connectivity index (χ0v) is 10.3. The number of hydrogen-bond donors (Lipinski definition) is 1. The van der Waals surface area contributed by atoms with E-state index in [1.807, 2.05) is 0 Å². The molecular weight excluding hydrogens is 300 g/mol. The van der Waals surface area contributed by atoms with E-state index in [4.69, 9.17) is 0 Å². The van der Waals surface area contributed by atoms with Crippen LogP contribution in [0.2, 0.25) is 0 Å². The van der Waals surface area contributed by atoms with E-state index >= 15 is 0 Å². The van der Waals surface area contributed by atoms with Gasteiger partial charge in [0, 0.05) is 13.0 Å². The number of alkyl halides is 3. The van der Waals surface area contributed by atoms with Crippen molar-refractivity contribution < 1.29 is 22.5 Å². The lowest BCUT2D eigenvalue weighted by Gasteiger charge is -2.05. The molecule has 0 bridgehead atoms. The molecule has 0 aliphatic rings. The summed E-state index contributed by atoms with van der Waals surface area (Å²) >= 11 is 0. The van der Waals surface area contributed by atoms with Gasteiger partial charge in [-0.3, -0.25) is 19.9 Å². The molecule has 0 unspecified atom stereocenters. The number of aromatic amines is 1. The minimum Gasteiger partial charge on any atom is -0.262 e. The minimum atomic E-state index is -4.43. The predicted octanol–water partition coefficient (Wildman–Crippen LogP) is 1.40. The lowest BCUT2D eigenvalue weighted by atomic mass is 10.2. The first kappa shape index (κ1) is 14.9. The minimum absolute atomic E-state index is 0.00329. The van der Waals surface area contributed by atoms with Gasteiger partial charge in [0.05, 0.1) is 22.7 Å². The van der Waals surface area contributed by atoms with Crippen LogP contribution in [0.25, 0.3) is 0 Å². The molecule has 0 spiro atoms. The summed E-state index contributed by atoms with van der Waals surface area (Å²) in [6, 6.07) is 0. The summed E-state index contributed by atoms with van der Waals surface area (Å²) in [4.78, 5) is 9.50. The lowest BCUT2D eigenvalue weighted by molar-refractivity contribution is -0.387. The number of hydrogen-bond acceptors (Lipinski definition) is 5. The fourth-order valence-electron chi connectivity index (χ4n) is 1.65. The molecule has 0 aliphatic heterocycles. The summed E-state index contributed by atoms with van der Waals surface area (Å²) in [6.45, 7) is -0.0561. The quantitative estimate of drug-likeness (QED) is 0.511. The maximum absolute atomic E-state index is 13.1. The Bertz CT molecular complexity index is 649. The molecule has 21 heavy (non-hydrogen) atoms. The van der Waals surface area contributed by atoms with Gasteiger partial charge in [-0.1, -0.05) is 5.21 Å². The zero-order valence-electron chi connectivity index (χ0n) is 10.3. The molecule has 1 N–H and O–H groups in total. The Morgan fingerprint density at radius 3 is 2.71 bits per heavy atom. The first-order chi connectivity index (χ1) is 9.76. The Labute approximate surface area is 113 Å². The molecule has 0 saturated carbocycles. The van der Waals surface area contributed by atoms with Gasteiger partial charge in [0.1, 0.15) is 6.20 Å². The van der Waals surface area contributed by atoms with E-state index in [-0.39, 0.29) is 24.4 Å². The van der Waals surface area contributed by atoms with Crippen molar-refractivity contribution in [1.29, 1.82) is 0 Å². The van der Waals surface area contributed by atoms with Crippen molar-refractivity contribution in [3.63, 3.8) is 0 Å². The molecule has 0 radical (unpaired) electrons. The highest BCUT2D eigenvalue weighted by Crippen LogP contribution is 2.21. The molecule has 12 heteroatoms. The van der Waals surface area contributed by atoms with Crippen LogP contribution in [-0.2, 0) is 19.4 Å². The Morgan fingerprint density at radius 2 is 2.14 bits per heavy atom. The molecule has 8 nitrogen and oxygen atoms in total. The third-order valence-corrected chi connectivity index (χ3v) is 2.56. The number of H-pyrrole nitrogens is 1. The summed E-state index contributed by atoms with van der Waals surface area (Å²) in [5, 5.41) is 22.6. The van der Waals surface area contributed by atoms with Gasteiger partial charge in [0.15, 0.2) is 0 Å². The standard InChI is InChI=1S/C9H8F4N6O2/c10-8-7(19(20)21)4-18(16-8)2-1-5-6(15-17-14-5)3-9(11,12)13/h4H,1-3H2,(H,14,15,17). The van der Waals surface area contributed by atoms with E-state index in [9.17, 15) is 27.7 Å². The van der Waals surface area contributed by atoms with Crippen LogP contribution in [0, 0.1) is 16.1 Å². The molecule has 0 amide bonds. The number of halogens is 4. The van der Waals surface area contributed by atoms with Crippen LogP contribution in [0.1, 0.15) is 11.4 Å². The number of rotatable bonds is 5. The van der Waals surface area contributed by atoms with Crippen LogP contribution in [0.3, 0.4) is 0 Å². The Hall–Kier alpha value is -2.53. The first-order valence-corrected chi connectivity index (χ1v) is 5.59. The largest absolute Gasteiger partial charge is 0.394 e. The third kappa shape index (κ3) is 3.73. The molecule has 114 valence electrons. The van der Waals surface area contributed by atoms with Gasteiger partial charge in [-0.25, -0.2) is 0 Å². The Morgan fingerprint density at radius 1 is 1.43 bits per heavy atom. The van der Waals surface area contributed by atoms with Gasteiger partial charge in [-0.05, 0) is 0 Å². The van der Waals surface area contributed by atoms with E-state index < -0.39 is 29.2 Å². The van der Waals surface area contributed by atoms with E-state index in [1.165, 1.54) is 0 Å². The number of nitrogens with one attached hydrogen (secondary N) is 1. The highest BCUT2D eigenvalue weighted by atomic mass is 19.4. The summed E-state index contributed by atoms with van der Waals surface area (Å²) in [5.74, 6) is -1.25. The molecule has 0 saturated heterocycles. The molecule has 2 heterocycles. The second-order valence-corrected chi connectivity index (χ2v) is 4.10. The van der Waals surface area contributed by atoms with Crippen molar-refractivity contribution in [1.82, 2.24) is 25.2 Å². The van der Waals surface area contributed by atoms with E-state index in [2.05, 4.69) is 20.5 Å². The maximum Gasteiger partial charge on any atom is 0.394 e. The normalized spacial score (nSPS) is 11.8. The highest BCUT2D eigenvalue weighted by molar-refractivity contribution is 5.23. The molecule has 2 rings (SSSR count). The topological polar surface area (TPSA) is 103 Å². The molecular formula is C9H8F4N6O2. The van der Waals surface area contributed by atoms with Crippen molar-refractivity contribution in [3.05, 3.63) is 33.6 Å². The van der Waals surface area contributed by atoms with Crippen molar-refractivity contribution in [2.45, 2.75) is 25.6 Å². The van der Waals surface area contributed by atoms with Gasteiger partial charge in [0.2, 0.25) is 0 Å². The van der Waals surface area contributed by atoms with Gasteiger partial charge in [0.25, 0.3) is 0 Å². The van der Waals surface area contributed by atoms with Crippen LogP contribution in [-0.4, -0.2) is 36.3 Å². The average molecular weight is 308 g/mol. The van der Waals surface area contributed by atoms with E-state index in [1.54, 1.807) is 0 Å². The summed E-state index contributed by atoms with van der Waals surface area (Å²) in [6.07, 6.45) is -4.81. The van der Waals surface area contributed by atoms with Crippen LogP contribution >= 0.6 is 0 Å². The molecule has 2 aromatic heterocycles. The lowest BCUT2D eigenvalue weighted by Crippen LogP contribution is -2.14. The predicted molar refractivity (Wildman–Crippen MR) is 58.7 cm³/mol. The highest BCUT2D eigenvalue weighted by Gasteiger charge is 2.30. The second-order valence-electron chi connectivity index (χ2n) is 4.10. The molecule has 0 atom stereocenters. The molecule has 2 aromatic rings. The van der Waals surface area contributed by atoms with Gasteiger partial charge < -0.3 is 0 Å². The average Bonchev–Trinajstić information content (AvgIpc) is 2.91. The monoisotopic (exact) mass is 308 g/mol. The number of aromatic nitrogens is 5. The van der Waals surface area contributed by atoms with Crippen molar-refractivity contribution in [2.75, 3.05) is 0 Å². The van der Waals surface area contributed by atoms with Gasteiger partial charge >= 0.3 is 17.8 Å². The Kier molecular flexibility index (Phi) is 3.86. The van der Waals surface area contributed by atoms with Crippen molar-refractivity contribution in [2.24, 2.45) is 0 Å². The Balaban J connectivity index is 2.05. The van der Waals surface area contributed by atoms with Crippen LogP contribution in [0.4, 0.5) is 23.2 Å². The molecule has 0 aliphatic carbocycles. The van der Waals surface area contributed by atoms with Crippen molar-refractivity contribution >= 4 is 5.69 Å². The van der Waals surface area contributed by atoms with E-state index in [0.29, 0.717) is 0 Å². The third-order valence-electron chi connectivity index (χ3n) is 2.56. The maximum atomic E-state index is 13.1. The van der Waals surface area contributed by atoms with Gasteiger partial charge in [-0.15, -0.1) is 10.2 Å². The number of nitrogens with zero attached hydrogens (tertiary/aromatic N) is 5. The van der Waals surface area contributed by atoms with Crippen molar-refractivity contribution in [3.8, 4) is 0 Å². The smallest absolute Gasteiger partial charge is 0.262 e.